The molecule has 0 aliphatic rings. The van der Waals surface area contributed by atoms with Gasteiger partial charge in [0.05, 0.1) is 25.3 Å². The fraction of sp³-hybridized carbons (Fsp3) is 0.200. The van der Waals surface area contributed by atoms with Crippen molar-refractivity contribution in [1.82, 2.24) is 0 Å². The largest absolute Gasteiger partial charge is 0.465 e. The van der Waals surface area contributed by atoms with E-state index in [4.69, 9.17) is 0 Å². The molecule has 15 heavy (non-hydrogen) atoms. The third kappa shape index (κ3) is 4.04. The third-order valence-electron chi connectivity index (χ3n) is 1.73. The van der Waals surface area contributed by atoms with E-state index in [2.05, 4.69) is 9.47 Å². The zero-order chi connectivity index (χ0) is 10.6. The van der Waals surface area contributed by atoms with E-state index in [9.17, 15) is 9.59 Å². The van der Waals surface area contributed by atoms with Gasteiger partial charge in [0.15, 0.2) is 0 Å². The minimum absolute atomic E-state index is 0. The Bertz CT molecular complexity index is 310. The van der Waals surface area contributed by atoms with E-state index >= 15 is 0 Å². The Morgan fingerprint density at radius 3 is 1.33 bits per heavy atom. The number of ether oxygens (including phenoxy) is 2. The standard InChI is InChI=1S/C10H10O4.K/c1-13-9(11)7-3-5-8(6-4-7)10(12)14-2;/h3-6H,1-2H3;. The second-order valence-corrected chi connectivity index (χ2v) is 2.56. The predicted molar refractivity (Wildman–Crippen MR) is 54.9 cm³/mol. The summed E-state index contributed by atoms with van der Waals surface area (Å²) >= 11 is 0. The average molecular weight is 233 g/mol. The number of rotatable bonds is 2. The van der Waals surface area contributed by atoms with Gasteiger partial charge in [0.2, 0.25) is 0 Å². The fourth-order valence-electron chi connectivity index (χ4n) is 0.978. The molecule has 0 amide bonds. The van der Waals surface area contributed by atoms with E-state index in [1.54, 1.807) is 0 Å². The first-order valence-corrected chi connectivity index (χ1v) is 3.95. The van der Waals surface area contributed by atoms with Gasteiger partial charge in [-0.25, -0.2) is 9.59 Å². The molecule has 1 rings (SSSR count). The van der Waals surface area contributed by atoms with E-state index in [1.165, 1.54) is 38.5 Å². The molecule has 5 heteroatoms. The number of benzene rings is 1. The first-order chi connectivity index (χ1) is 6.69. The predicted octanol–water partition coefficient (Wildman–Crippen LogP) is 0.879. The summed E-state index contributed by atoms with van der Waals surface area (Å²) in [7, 11) is 2.60. The molecule has 1 radical (unpaired) electrons. The zero-order valence-electron chi connectivity index (χ0n) is 8.94. The Kier molecular flexibility index (Phi) is 7.04. The molecule has 1 aromatic rings. The van der Waals surface area contributed by atoms with Gasteiger partial charge in [0, 0.05) is 51.4 Å². The van der Waals surface area contributed by atoms with Crippen molar-refractivity contribution in [2.24, 2.45) is 0 Å². The van der Waals surface area contributed by atoms with Crippen molar-refractivity contribution < 1.29 is 19.1 Å². The van der Waals surface area contributed by atoms with Crippen LogP contribution in [-0.2, 0) is 9.47 Å². The SMILES string of the molecule is COC(=O)c1ccc(C(=O)OC)cc1.[K]. The van der Waals surface area contributed by atoms with Crippen LogP contribution in [-0.4, -0.2) is 77.5 Å². The van der Waals surface area contributed by atoms with Gasteiger partial charge in [-0.05, 0) is 24.3 Å². The first kappa shape index (κ1) is 14.8. The van der Waals surface area contributed by atoms with Crippen molar-refractivity contribution in [2.45, 2.75) is 0 Å². The number of carbonyl (C=O) groups is 2. The molecule has 0 N–H and O–H groups in total. The average Bonchev–Trinajstić information content (AvgIpc) is 2.27. The first-order valence-electron chi connectivity index (χ1n) is 3.95. The minimum atomic E-state index is -0.429. The quantitative estimate of drug-likeness (QED) is 0.562. The Morgan fingerprint density at radius 2 is 1.13 bits per heavy atom. The molecule has 0 aromatic heterocycles. The van der Waals surface area contributed by atoms with Crippen LogP contribution in [0, 0.1) is 0 Å². The van der Waals surface area contributed by atoms with Crippen LogP contribution in [0.5, 0.6) is 0 Å². The van der Waals surface area contributed by atoms with Crippen molar-refractivity contribution in [2.75, 3.05) is 14.2 Å². The van der Waals surface area contributed by atoms with Gasteiger partial charge in [0.25, 0.3) is 0 Å². The summed E-state index contributed by atoms with van der Waals surface area (Å²) in [4.78, 5) is 22.1. The molecule has 0 atom stereocenters. The molecule has 0 aliphatic heterocycles. The van der Waals surface area contributed by atoms with E-state index in [0.29, 0.717) is 11.1 Å². The van der Waals surface area contributed by atoms with E-state index in [-0.39, 0.29) is 51.4 Å². The summed E-state index contributed by atoms with van der Waals surface area (Å²) in [6, 6.07) is 6.05. The maximum atomic E-state index is 11.0. The van der Waals surface area contributed by atoms with Crippen molar-refractivity contribution in [1.29, 1.82) is 0 Å². The Labute approximate surface area is 130 Å². The summed E-state index contributed by atoms with van der Waals surface area (Å²) in [5.41, 5.74) is 0.806. The van der Waals surface area contributed by atoms with Gasteiger partial charge >= 0.3 is 11.9 Å². The molecule has 1 aromatic carbocycles. The molecule has 0 fully saturated rings. The fourth-order valence-corrected chi connectivity index (χ4v) is 0.978. The molecule has 4 nitrogen and oxygen atoms in total. The molecule has 0 bridgehead atoms. The van der Waals surface area contributed by atoms with E-state index in [1.807, 2.05) is 0 Å². The summed E-state index contributed by atoms with van der Waals surface area (Å²) < 4.78 is 9.02. The maximum absolute atomic E-state index is 11.0. The van der Waals surface area contributed by atoms with E-state index < -0.39 is 11.9 Å². The number of esters is 2. The van der Waals surface area contributed by atoms with Crippen LogP contribution < -0.4 is 0 Å². The van der Waals surface area contributed by atoms with Gasteiger partial charge in [0.1, 0.15) is 0 Å². The summed E-state index contributed by atoms with van der Waals surface area (Å²) in [6.45, 7) is 0. The molecular weight excluding hydrogens is 223 g/mol. The number of hydrogen-bond acceptors (Lipinski definition) is 4. The minimum Gasteiger partial charge on any atom is -0.465 e. The molecular formula is C10H10KO4. The monoisotopic (exact) mass is 233 g/mol. The molecule has 75 valence electrons. The van der Waals surface area contributed by atoms with Crippen LogP contribution in [0.3, 0.4) is 0 Å². The van der Waals surface area contributed by atoms with Gasteiger partial charge in [-0.1, -0.05) is 0 Å². The van der Waals surface area contributed by atoms with Crippen LogP contribution in [0.25, 0.3) is 0 Å². The van der Waals surface area contributed by atoms with Gasteiger partial charge < -0.3 is 9.47 Å². The topological polar surface area (TPSA) is 52.6 Å². The van der Waals surface area contributed by atoms with Gasteiger partial charge in [-0.15, -0.1) is 0 Å². The number of methoxy groups -OCH3 is 2. The van der Waals surface area contributed by atoms with Crippen LogP contribution in [0.1, 0.15) is 20.7 Å². The van der Waals surface area contributed by atoms with Crippen molar-refractivity contribution >= 4 is 63.3 Å². The Balaban J connectivity index is 0.00000196. The van der Waals surface area contributed by atoms with Crippen molar-refractivity contribution in [3.63, 3.8) is 0 Å². The van der Waals surface area contributed by atoms with Gasteiger partial charge in [-0.2, -0.15) is 0 Å². The normalized spacial score (nSPS) is 8.67. The van der Waals surface area contributed by atoms with Gasteiger partial charge in [-0.3, -0.25) is 0 Å². The van der Waals surface area contributed by atoms with E-state index in [0.717, 1.165) is 0 Å². The molecule has 0 unspecified atom stereocenters. The van der Waals surface area contributed by atoms with Crippen molar-refractivity contribution in [3.05, 3.63) is 35.4 Å². The van der Waals surface area contributed by atoms with Crippen molar-refractivity contribution in [3.8, 4) is 0 Å². The molecule has 0 saturated carbocycles. The zero-order valence-corrected chi connectivity index (χ0v) is 12.1. The second kappa shape index (κ2) is 7.13. The number of hydrogen-bond donors (Lipinski definition) is 0. The molecule has 0 aliphatic carbocycles. The van der Waals surface area contributed by atoms with Crippen LogP contribution in [0.4, 0.5) is 0 Å². The molecule has 0 spiro atoms. The summed E-state index contributed by atoms with van der Waals surface area (Å²) in [6.07, 6.45) is 0. The number of carbonyl (C=O) groups excluding carboxylic acids is 2. The Hall–Kier alpha value is -0.204. The van der Waals surface area contributed by atoms with Crippen LogP contribution in [0.2, 0.25) is 0 Å². The smallest absolute Gasteiger partial charge is 0.337 e. The molecule has 0 heterocycles. The summed E-state index contributed by atoms with van der Waals surface area (Å²) in [5.74, 6) is -0.858. The van der Waals surface area contributed by atoms with Crippen LogP contribution in [0.15, 0.2) is 24.3 Å². The third-order valence-corrected chi connectivity index (χ3v) is 1.73. The Morgan fingerprint density at radius 1 is 0.867 bits per heavy atom. The second-order valence-electron chi connectivity index (χ2n) is 2.56. The summed E-state index contributed by atoms with van der Waals surface area (Å²) in [5, 5.41) is 0. The molecule has 0 saturated heterocycles. The van der Waals surface area contributed by atoms with Crippen LogP contribution >= 0.6 is 0 Å². The maximum Gasteiger partial charge on any atom is 0.337 e.